The van der Waals surface area contributed by atoms with E-state index in [1.165, 1.54) is 0 Å². The van der Waals surface area contributed by atoms with Crippen LogP contribution in [-0.2, 0) is 0 Å². The summed E-state index contributed by atoms with van der Waals surface area (Å²) in [4.78, 5) is 0. The Kier molecular flexibility index (Phi) is 5.47. The number of benzene rings is 3. The molecule has 1 heterocycles. The standard InChI is InChI=1S/C23H18Cl2N2O2/c1-28-19-11-3-15(4-12-19)22-21(25)23(16-5-13-20(29-2)14-6-16)27(26-22)18-9-7-17(24)8-10-18/h3-14H,1-2H3. The first kappa shape index (κ1) is 19.4. The summed E-state index contributed by atoms with van der Waals surface area (Å²) >= 11 is 12.9. The minimum atomic E-state index is 0.565. The Hall–Kier alpha value is -2.95. The molecule has 0 fully saturated rings. The molecule has 4 rings (SSSR count). The highest BCUT2D eigenvalue weighted by Gasteiger charge is 2.20. The van der Waals surface area contributed by atoms with Gasteiger partial charge in [-0.3, -0.25) is 0 Å². The predicted octanol–water partition coefficient (Wildman–Crippen LogP) is 6.53. The minimum absolute atomic E-state index is 0.565. The molecule has 29 heavy (non-hydrogen) atoms. The van der Waals surface area contributed by atoms with Crippen LogP contribution in [0.1, 0.15) is 0 Å². The van der Waals surface area contributed by atoms with Crippen LogP contribution in [-0.4, -0.2) is 24.0 Å². The monoisotopic (exact) mass is 424 g/mol. The molecular formula is C23H18Cl2N2O2. The number of nitrogens with zero attached hydrogens (tertiary/aromatic N) is 2. The van der Waals surface area contributed by atoms with E-state index in [0.29, 0.717) is 15.7 Å². The van der Waals surface area contributed by atoms with E-state index in [0.717, 1.165) is 34.0 Å². The van der Waals surface area contributed by atoms with Crippen LogP contribution in [0.5, 0.6) is 11.5 Å². The second-order valence-corrected chi connectivity index (χ2v) is 7.17. The van der Waals surface area contributed by atoms with E-state index in [-0.39, 0.29) is 0 Å². The van der Waals surface area contributed by atoms with Gasteiger partial charge in [0.25, 0.3) is 0 Å². The van der Waals surface area contributed by atoms with Gasteiger partial charge >= 0.3 is 0 Å². The van der Waals surface area contributed by atoms with Crippen molar-refractivity contribution < 1.29 is 9.47 Å². The number of hydrogen-bond donors (Lipinski definition) is 0. The minimum Gasteiger partial charge on any atom is -0.497 e. The zero-order valence-electron chi connectivity index (χ0n) is 15.9. The second-order valence-electron chi connectivity index (χ2n) is 6.36. The van der Waals surface area contributed by atoms with E-state index in [1.54, 1.807) is 14.2 Å². The summed E-state index contributed by atoms with van der Waals surface area (Å²) in [5, 5.41) is 6.05. The molecule has 0 N–H and O–H groups in total. The van der Waals surface area contributed by atoms with Crippen LogP contribution in [0.2, 0.25) is 10.0 Å². The fraction of sp³-hybridized carbons (Fsp3) is 0.0870. The summed E-state index contributed by atoms with van der Waals surface area (Å²) < 4.78 is 12.4. The normalized spacial score (nSPS) is 10.8. The van der Waals surface area contributed by atoms with E-state index in [9.17, 15) is 0 Å². The molecule has 0 saturated heterocycles. The van der Waals surface area contributed by atoms with E-state index < -0.39 is 0 Å². The molecule has 3 aromatic carbocycles. The molecule has 146 valence electrons. The molecule has 0 aliphatic rings. The average molecular weight is 425 g/mol. The summed E-state index contributed by atoms with van der Waals surface area (Å²) in [6.07, 6.45) is 0. The molecular weight excluding hydrogens is 407 g/mol. The maximum atomic E-state index is 6.86. The lowest BCUT2D eigenvalue weighted by Crippen LogP contribution is -1.99. The average Bonchev–Trinajstić information content (AvgIpc) is 3.11. The van der Waals surface area contributed by atoms with Gasteiger partial charge in [0.15, 0.2) is 0 Å². The van der Waals surface area contributed by atoms with E-state index >= 15 is 0 Å². The maximum absolute atomic E-state index is 6.86. The van der Waals surface area contributed by atoms with Gasteiger partial charge in [-0.1, -0.05) is 23.2 Å². The van der Waals surface area contributed by atoms with Crippen LogP contribution in [0.3, 0.4) is 0 Å². The molecule has 0 saturated carbocycles. The van der Waals surface area contributed by atoms with Gasteiger partial charge in [0.05, 0.1) is 30.6 Å². The van der Waals surface area contributed by atoms with Gasteiger partial charge in [-0.2, -0.15) is 5.10 Å². The molecule has 0 spiro atoms. The van der Waals surface area contributed by atoms with Gasteiger partial charge in [-0.25, -0.2) is 4.68 Å². The van der Waals surface area contributed by atoms with Gasteiger partial charge in [0.2, 0.25) is 0 Å². The van der Waals surface area contributed by atoms with Gasteiger partial charge in [0.1, 0.15) is 17.2 Å². The van der Waals surface area contributed by atoms with Crippen molar-refractivity contribution in [2.75, 3.05) is 14.2 Å². The Morgan fingerprint density at radius 2 is 1.21 bits per heavy atom. The van der Waals surface area contributed by atoms with Crippen molar-refractivity contribution >= 4 is 23.2 Å². The van der Waals surface area contributed by atoms with Crippen molar-refractivity contribution in [3.8, 4) is 39.7 Å². The largest absolute Gasteiger partial charge is 0.497 e. The summed E-state index contributed by atoms with van der Waals surface area (Å²) in [7, 11) is 3.28. The van der Waals surface area contributed by atoms with Crippen LogP contribution >= 0.6 is 23.2 Å². The Balaban J connectivity index is 1.90. The number of rotatable bonds is 5. The van der Waals surface area contributed by atoms with Crippen molar-refractivity contribution in [3.63, 3.8) is 0 Å². The first-order valence-electron chi connectivity index (χ1n) is 8.94. The van der Waals surface area contributed by atoms with E-state index in [4.69, 9.17) is 37.8 Å². The number of methoxy groups -OCH3 is 2. The number of aromatic nitrogens is 2. The lowest BCUT2D eigenvalue weighted by atomic mass is 10.1. The quantitative estimate of drug-likeness (QED) is 0.365. The summed E-state index contributed by atoms with van der Waals surface area (Å²) in [6, 6.07) is 22.9. The first-order chi connectivity index (χ1) is 14.1. The molecule has 0 radical (unpaired) electrons. The fourth-order valence-corrected chi connectivity index (χ4v) is 3.56. The smallest absolute Gasteiger partial charge is 0.118 e. The summed E-state index contributed by atoms with van der Waals surface area (Å²) in [5.74, 6) is 1.55. The Labute approximate surface area is 179 Å². The molecule has 0 bridgehead atoms. The van der Waals surface area contributed by atoms with Crippen molar-refractivity contribution in [2.24, 2.45) is 0 Å². The van der Waals surface area contributed by atoms with E-state index in [2.05, 4.69) is 0 Å². The Morgan fingerprint density at radius 3 is 1.72 bits per heavy atom. The van der Waals surface area contributed by atoms with Crippen molar-refractivity contribution in [3.05, 3.63) is 82.8 Å². The number of halogens is 2. The highest BCUT2D eigenvalue weighted by Crippen LogP contribution is 2.39. The van der Waals surface area contributed by atoms with Gasteiger partial charge in [-0.15, -0.1) is 0 Å². The summed E-state index contributed by atoms with van der Waals surface area (Å²) in [5.41, 5.74) is 4.18. The van der Waals surface area contributed by atoms with Gasteiger partial charge in [0, 0.05) is 16.1 Å². The highest BCUT2D eigenvalue weighted by molar-refractivity contribution is 6.35. The third kappa shape index (κ3) is 3.82. The molecule has 0 aliphatic heterocycles. The zero-order valence-corrected chi connectivity index (χ0v) is 17.4. The third-order valence-electron chi connectivity index (χ3n) is 4.63. The molecule has 4 aromatic rings. The third-order valence-corrected chi connectivity index (χ3v) is 5.24. The van der Waals surface area contributed by atoms with Crippen molar-refractivity contribution in [2.45, 2.75) is 0 Å². The molecule has 0 unspecified atom stereocenters. The first-order valence-corrected chi connectivity index (χ1v) is 9.69. The molecule has 1 aromatic heterocycles. The summed E-state index contributed by atoms with van der Waals surface area (Å²) in [6.45, 7) is 0. The van der Waals surface area contributed by atoms with Crippen LogP contribution in [0.25, 0.3) is 28.2 Å². The van der Waals surface area contributed by atoms with Crippen LogP contribution in [0.4, 0.5) is 0 Å². The van der Waals surface area contributed by atoms with Crippen molar-refractivity contribution in [1.29, 1.82) is 0 Å². The second kappa shape index (κ2) is 8.19. The maximum Gasteiger partial charge on any atom is 0.118 e. The van der Waals surface area contributed by atoms with Gasteiger partial charge in [-0.05, 0) is 72.8 Å². The highest BCUT2D eigenvalue weighted by atomic mass is 35.5. The molecule has 0 amide bonds. The van der Waals surface area contributed by atoms with Gasteiger partial charge < -0.3 is 9.47 Å². The lowest BCUT2D eigenvalue weighted by Gasteiger charge is -2.09. The van der Waals surface area contributed by atoms with Crippen LogP contribution in [0.15, 0.2) is 72.8 Å². The molecule has 0 aliphatic carbocycles. The lowest BCUT2D eigenvalue weighted by molar-refractivity contribution is 0.414. The van der Waals surface area contributed by atoms with Crippen LogP contribution in [0, 0.1) is 0 Å². The molecule has 6 heteroatoms. The molecule has 0 atom stereocenters. The number of ether oxygens (including phenoxy) is 2. The Morgan fingerprint density at radius 1 is 0.690 bits per heavy atom. The Bertz CT molecular complexity index is 1120. The zero-order chi connectivity index (χ0) is 20.4. The van der Waals surface area contributed by atoms with Crippen LogP contribution < -0.4 is 9.47 Å². The fourth-order valence-electron chi connectivity index (χ4n) is 3.10. The van der Waals surface area contributed by atoms with Crippen molar-refractivity contribution in [1.82, 2.24) is 9.78 Å². The topological polar surface area (TPSA) is 36.3 Å². The predicted molar refractivity (Wildman–Crippen MR) is 118 cm³/mol. The molecule has 4 nitrogen and oxygen atoms in total. The number of hydrogen-bond acceptors (Lipinski definition) is 3. The SMILES string of the molecule is COc1ccc(-c2nn(-c3ccc(Cl)cc3)c(-c3ccc(OC)cc3)c2Cl)cc1. The van der Waals surface area contributed by atoms with E-state index in [1.807, 2.05) is 77.5 Å².